The fraction of sp³-hybridized carbons (Fsp3) is 0.214. The van der Waals surface area contributed by atoms with E-state index in [1.165, 1.54) is 6.33 Å². The maximum Gasteiger partial charge on any atom is 0.163 e. The maximum absolute atomic E-state index is 6.01. The molecule has 0 fully saturated rings. The number of nitrogens with zero attached hydrogens (tertiary/aromatic N) is 4. The van der Waals surface area contributed by atoms with E-state index in [-0.39, 0.29) is 0 Å². The molecule has 3 rings (SSSR count). The number of aromatic nitrogens is 4. The summed E-state index contributed by atoms with van der Waals surface area (Å²) in [5, 5.41) is 5.43. The van der Waals surface area contributed by atoms with Crippen LogP contribution >= 0.6 is 12.6 Å². The molecule has 0 aliphatic rings. The highest BCUT2D eigenvalue weighted by atomic mass is 32.1. The van der Waals surface area contributed by atoms with E-state index in [9.17, 15) is 0 Å². The summed E-state index contributed by atoms with van der Waals surface area (Å²) < 4.78 is 1.84. The van der Waals surface area contributed by atoms with Crippen LogP contribution in [0.25, 0.3) is 22.3 Å². The third-order valence-corrected chi connectivity index (χ3v) is 3.83. The zero-order chi connectivity index (χ0) is 14.3. The highest BCUT2D eigenvalue weighted by Crippen LogP contribution is 2.31. The lowest BCUT2D eigenvalue weighted by Gasteiger charge is -2.03. The van der Waals surface area contributed by atoms with Gasteiger partial charge in [-0.3, -0.25) is 0 Å². The Bertz CT molecular complexity index is 794. The van der Waals surface area contributed by atoms with E-state index in [0.717, 1.165) is 39.3 Å². The Morgan fingerprint density at radius 1 is 1.30 bits per heavy atom. The van der Waals surface area contributed by atoms with Crippen molar-refractivity contribution in [3.8, 4) is 11.3 Å². The summed E-state index contributed by atoms with van der Waals surface area (Å²) in [6.07, 6.45) is 1.47. The van der Waals surface area contributed by atoms with Gasteiger partial charge in [-0.15, -0.1) is 12.6 Å². The average Bonchev–Trinajstić information content (AvgIpc) is 2.82. The van der Waals surface area contributed by atoms with Crippen LogP contribution in [0.3, 0.4) is 0 Å². The minimum atomic E-state index is 0.456. The first-order chi connectivity index (χ1) is 9.61. The van der Waals surface area contributed by atoms with Crippen molar-refractivity contribution in [2.24, 2.45) is 0 Å². The van der Waals surface area contributed by atoms with Gasteiger partial charge < -0.3 is 5.73 Å². The summed E-state index contributed by atoms with van der Waals surface area (Å²) >= 11 is 4.40. The Kier molecular flexibility index (Phi) is 3.10. The molecule has 0 bridgehead atoms. The van der Waals surface area contributed by atoms with Gasteiger partial charge in [0.05, 0.1) is 5.39 Å². The average molecular weight is 285 g/mol. The number of nitrogen functional groups attached to an aromatic ring is 1. The second-order valence-corrected chi connectivity index (χ2v) is 5.10. The highest BCUT2D eigenvalue weighted by Gasteiger charge is 2.16. The highest BCUT2D eigenvalue weighted by molar-refractivity contribution is 7.80. The van der Waals surface area contributed by atoms with E-state index in [4.69, 9.17) is 5.73 Å². The first kappa shape index (κ1) is 12.9. The van der Waals surface area contributed by atoms with Gasteiger partial charge in [0.2, 0.25) is 0 Å². The van der Waals surface area contributed by atoms with Gasteiger partial charge in [-0.2, -0.15) is 5.10 Å². The second-order valence-electron chi connectivity index (χ2n) is 4.62. The van der Waals surface area contributed by atoms with Crippen molar-refractivity contribution >= 4 is 29.5 Å². The molecule has 3 aromatic rings. The Morgan fingerprint density at radius 2 is 2.10 bits per heavy atom. The van der Waals surface area contributed by atoms with Gasteiger partial charge in [-0.05, 0) is 31.5 Å². The Balaban J connectivity index is 2.33. The second kappa shape index (κ2) is 4.79. The molecule has 102 valence electrons. The third kappa shape index (κ3) is 1.92. The van der Waals surface area contributed by atoms with Crippen molar-refractivity contribution in [1.82, 2.24) is 19.7 Å². The Morgan fingerprint density at radius 3 is 2.80 bits per heavy atom. The fourth-order valence-electron chi connectivity index (χ4n) is 2.26. The minimum Gasteiger partial charge on any atom is -0.383 e. The number of nitrogens with two attached hydrogens (primary N) is 1. The molecular weight excluding hydrogens is 270 g/mol. The molecule has 2 aromatic heterocycles. The summed E-state index contributed by atoms with van der Waals surface area (Å²) in [6.45, 7) is 4.78. The van der Waals surface area contributed by atoms with Crippen LogP contribution in [-0.4, -0.2) is 19.7 Å². The molecule has 0 amide bonds. The third-order valence-electron chi connectivity index (χ3n) is 3.33. The summed E-state index contributed by atoms with van der Waals surface area (Å²) in [5.74, 6) is 0.456. The SMILES string of the molecule is CCn1nc(-c2ccc(S)c(C)c2)c2c(N)ncnc21. The van der Waals surface area contributed by atoms with E-state index < -0.39 is 0 Å². The van der Waals surface area contributed by atoms with Crippen LogP contribution in [0.15, 0.2) is 29.4 Å². The smallest absolute Gasteiger partial charge is 0.163 e. The topological polar surface area (TPSA) is 69.6 Å². The number of benzene rings is 1. The van der Waals surface area contributed by atoms with Crippen LogP contribution in [0.1, 0.15) is 12.5 Å². The molecule has 0 spiro atoms. The predicted octanol–water partition coefficient (Wildman–Crippen LogP) is 2.69. The number of rotatable bonds is 2. The molecule has 6 heteroatoms. The molecular formula is C14H15N5S. The fourth-order valence-corrected chi connectivity index (χ4v) is 2.39. The number of hydrogen-bond donors (Lipinski definition) is 2. The zero-order valence-corrected chi connectivity index (χ0v) is 12.2. The standard InChI is InChI=1S/C14H15N5S/c1-3-19-14-11(13(15)16-7-17-14)12(18-19)9-4-5-10(20)8(2)6-9/h4-7,20H,3H2,1-2H3,(H2,15,16,17). The van der Waals surface area contributed by atoms with Crippen molar-refractivity contribution in [2.45, 2.75) is 25.3 Å². The molecule has 0 aliphatic carbocycles. The first-order valence-corrected chi connectivity index (χ1v) is 6.83. The summed E-state index contributed by atoms with van der Waals surface area (Å²) in [5.41, 5.74) is 9.69. The number of aryl methyl sites for hydroxylation is 2. The molecule has 0 aliphatic heterocycles. The Labute approximate surface area is 122 Å². The van der Waals surface area contributed by atoms with Crippen LogP contribution in [0, 0.1) is 6.92 Å². The van der Waals surface area contributed by atoms with Crippen molar-refractivity contribution in [3.05, 3.63) is 30.1 Å². The van der Waals surface area contributed by atoms with Crippen LogP contribution in [0.2, 0.25) is 0 Å². The van der Waals surface area contributed by atoms with E-state index in [0.29, 0.717) is 5.82 Å². The van der Waals surface area contributed by atoms with E-state index >= 15 is 0 Å². The van der Waals surface area contributed by atoms with Crippen molar-refractivity contribution in [2.75, 3.05) is 5.73 Å². The minimum absolute atomic E-state index is 0.456. The molecule has 20 heavy (non-hydrogen) atoms. The molecule has 0 saturated carbocycles. The largest absolute Gasteiger partial charge is 0.383 e. The number of hydrogen-bond acceptors (Lipinski definition) is 5. The van der Waals surface area contributed by atoms with Crippen molar-refractivity contribution in [3.63, 3.8) is 0 Å². The van der Waals surface area contributed by atoms with Crippen LogP contribution < -0.4 is 5.73 Å². The number of fused-ring (bicyclic) bond motifs is 1. The van der Waals surface area contributed by atoms with Crippen molar-refractivity contribution < 1.29 is 0 Å². The zero-order valence-electron chi connectivity index (χ0n) is 11.3. The monoisotopic (exact) mass is 285 g/mol. The summed E-state index contributed by atoms with van der Waals surface area (Å²) in [4.78, 5) is 9.33. The molecule has 0 radical (unpaired) electrons. The first-order valence-electron chi connectivity index (χ1n) is 6.38. The van der Waals surface area contributed by atoms with Gasteiger partial charge in [0.15, 0.2) is 5.65 Å². The molecule has 2 heterocycles. The van der Waals surface area contributed by atoms with Gasteiger partial charge in [-0.25, -0.2) is 14.6 Å². The molecule has 5 nitrogen and oxygen atoms in total. The van der Waals surface area contributed by atoms with Crippen LogP contribution in [0.4, 0.5) is 5.82 Å². The lowest BCUT2D eigenvalue weighted by Crippen LogP contribution is -1.98. The molecule has 1 aromatic carbocycles. The predicted molar refractivity (Wildman–Crippen MR) is 82.8 cm³/mol. The van der Waals surface area contributed by atoms with Crippen LogP contribution in [-0.2, 0) is 6.54 Å². The quantitative estimate of drug-likeness (QED) is 0.710. The summed E-state index contributed by atoms with van der Waals surface area (Å²) in [7, 11) is 0. The van der Waals surface area contributed by atoms with E-state index in [1.807, 2.05) is 30.7 Å². The lowest BCUT2D eigenvalue weighted by atomic mass is 10.1. The van der Waals surface area contributed by atoms with Crippen molar-refractivity contribution in [1.29, 1.82) is 0 Å². The van der Waals surface area contributed by atoms with Crippen LogP contribution in [0.5, 0.6) is 0 Å². The van der Waals surface area contributed by atoms with Gasteiger partial charge in [0.25, 0.3) is 0 Å². The maximum atomic E-state index is 6.01. The number of anilines is 1. The molecule has 0 saturated heterocycles. The summed E-state index contributed by atoms with van der Waals surface area (Å²) in [6, 6.07) is 6.00. The normalized spacial score (nSPS) is 11.2. The van der Waals surface area contributed by atoms with Gasteiger partial charge in [0, 0.05) is 17.0 Å². The molecule has 0 unspecified atom stereocenters. The number of thiol groups is 1. The van der Waals surface area contributed by atoms with Gasteiger partial charge in [-0.1, -0.05) is 6.07 Å². The van der Waals surface area contributed by atoms with Gasteiger partial charge in [0.1, 0.15) is 17.8 Å². The molecule has 2 N–H and O–H groups in total. The molecule has 0 atom stereocenters. The van der Waals surface area contributed by atoms with E-state index in [1.54, 1.807) is 0 Å². The van der Waals surface area contributed by atoms with E-state index in [2.05, 4.69) is 33.8 Å². The lowest BCUT2D eigenvalue weighted by molar-refractivity contribution is 0.679. The van der Waals surface area contributed by atoms with Gasteiger partial charge >= 0.3 is 0 Å². The Hall–Kier alpha value is -2.08.